The van der Waals surface area contributed by atoms with Crippen LogP contribution in [0.3, 0.4) is 0 Å². The first-order valence-corrected chi connectivity index (χ1v) is 11.4. The van der Waals surface area contributed by atoms with Gasteiger partial charge < -0.3 is 20.4 Å². The summed E-state index contributed by atoms with van der Waals surface area (Å²) in [6.07, 6.45) is 0.340. The molecule has 9 heteroatoms. The van der Waals surface area contributed by atoms with E-state index in [9.17, 15) is 14.4 Å². The van der Waals surface area contributed by atoms with Crippen molar-refractivity contribution in [2.75, 3.05) is 17.7 Å². The van der Waals surface area contributed by atoms with Crippen LogP contribution in [0, 0.1) is 6.92 Å². The first kappa shape index (κ1) is 24.1. The van der Waals surface area contributed by atoms with Crippen LogP contribution in [0.25, 0.3) is 0 Å². The minimum absolute atomic E-state index is 0.0929. The Morgan fingerprint density at radius 2 is 1.88 bits per heavy atom. The summed E-state index contributed by atoms with van der Waals surface area (Å²) in [6.45, 7) is 3.18. The largest absolute Gasteiger partial charge is 0.495 e. The van der Waals surface area contributed by atoms with Crippen LogP contribution >= 0.6 is 11.8 Å². The van der Waals surface area contributed by atoms with Crippen molar-refractivity contribution < 1.29 is 14.3 Å². The molecule has 3 aromatic rings. The lowest BCUT2D eigenvalue weighted by molar-refractivity contribution is -0.116. The molecule has 172 valence electrons. The molecule has 0 fully saturated rings. The lowest BCUT2D eigenvalue weighted by Crippen LogP contribution is -2.20. The van der Waals surface area contributed by atoms with Gasteiger partial charge >= 0.3 is 0 Å². The van der Waals surface area contributed by atoms with Gasteiger partial charge in [0.1, 0.15) is 5.75 Å². The van der Waals surface area contributed by atoms with Gasteiger partial charge in [0.2, 0.25) is 11.8 Å². The summed E-state index contributed by atoms with van der Waals surface area (Å²) in [5, 5.41) is 6.00. The van der Waals surface area contributed by atoms with Crippen molar-refractivity contribution in [3.05, 3.63) is 75.7 Å². The summed E-state index contributed by atoms with van der Waals surface area (Å²) in [6, 6.07) is 14.9. The number of amides is 2. The van der Waals surface area contributed by atoms with Gasteiger partial charge in [0.15, 0.2) is 5.16 Å². The summed E-state index contributed by atoms with van der Waals surface area (Å²) in [4.78, 5) is 43.7. The number of thioether (sulfide) groups is 1. The van der Waals surface area contributed by atoms with Gasteiger partial charge in [-0.3, -0.25) is 14.4 Å². The van der Waals surface area contributed by atoms with E-state index in [-0.39, 0.29) is 30.2 Å². The summed E-state index contributed by atoms with van der Waals surface area (Å²) < 4.78 is 5.28. The number of H-pyrrole nitrogens is 1. The van der Waals surface area contributed by atoms with Crippen molar-refractivity contribution in [3.63, 3.8) is 0 Å². The molecule has 33 heavy (non-hydrogen) atoms. The lowest BCUT2D eigenvalue weighted by atomic mass is 10.1. The van der Waals surface area contributed by atoms with Gasteiger partial charge in [-0.2, -0.15) is 0 Å². The number of aromatic amines is 1. The Labute approximate surface area is 196 Å². The van der Waals surface area contributed by atoms with Crippen molar-refractivity contribution in [2.24, 2.45) is 0 Å². The third-order valence-corrected chi connectivity index (χ3v) is 5.76. The average Bonchev–Trinajstić information content (AvgIpc) is 2.77. The number of aromatic nitrogens is 2. The highest BCUT2D eigenvalue weighted by molar-refractivity contribution is 7.98. The molecule has 0 spiro atoms. The summed E-state index contributed by atoms with van der Waals surface area (Å²) in [7, 11) is 1.50. The number of nitrogens with zero attached hydrogens (tertiary/aromatic N) is 1. The van der Waals surface area contributed by atoms with Crippen molar-refractivity contribution in [3.8, 4) is 5.75 Å². The molecule has 0 aliphatic carbocycles. The van der Waals surface area contributed by atoms with Crippen LogP contribution in [0.5, 0.6) is 5.75 Å². The second kappa shape index (κ2) is 11.3. The number of carbonyl (C=O) groups is 2. The fraction of sp³-hybridized carbons (Fsp3) is 0.250. The Kier molecular flexibility index (Phi) is 8.26. The van der Waals surface area contributed by atoms with E-state index in [1.165, 1.54) is 25.8 Å². The van der Waals surface area contributed by atoms with E-state index in [2.05, 4.69) is 20.6 Å². The summed E-state index contributed by atoms with van der Waals surface area (Å²) in [5.74, 6) is 0.664. The molecular formula is C24H26N4O4S. The highest BCUT2D eigenvalue weighted by Crippen LogP contribution is 2.28. The molecule has 1 heterocycles. The van der Waals surface area contributed by atoms with Gasteiger partial charge in [-0.1, -0.05) is 42.1 Å². The van der Waals surface area contributed by atoms with Gasteiger partial charge in [-0.25, -0.2) is 4.98 Å². The van der Waals surface area contributed by atoms with Gasteiger partial charge in [-0.05, 0) is 37.1 Å². The topological polar surface area (TPSA) is 113 Å². The van der Waals surface area contributed by atoms with E-state index in [4.69, 9.17) is 4.74 Å². The second-order valence-corrected chi connectivity index (χ2v) is 8.32. The Hall–Kier alpha value is -3.59. The standard InChI is InChI=1S/C24H26N4O4S/c1-15-19(23(31)28-24(25-15)33-14-17-7-5-4-6-8-17)10-12-22(30)27-20-13-18(26-16(2)29)9-11-21(20)32-3/h4-9,11,13H,10,12,14H2,1-3H3,(H,26,29)(H,27,30)(H,25,28,31). The number of methoxy groups -OCH3 is 1. The van der Waals surface area contributed by atoms with Crippen LogP contribution in [-0.4, -0.2) is 28.9 Å². The fourth-order valence-electron chi connectivity index (χ4n) is 3.21. The van der Waals surface area contributed by atoms with E-state index < -0.39 is 0 Å². The average molecular weight is 467 g/mol. The predicted octanol–water partition coefficient (Wildman–Crippen LogP) is 3.91. The highest BCUT2D eigenvalue weighted by atomic mass is 32.2. The Morgan fingerprint density at radius 1 is 1.12 bits per heavy atom. The first-order valence-electron chi connectivity index (χ1n) is 10.4. The molecule has 1 aromatic heterocycles. The molecule has 0 unspecified atom stereocenters. The van der Waals surface area contributed by atoms with Crippen LogP contribution < -0.4 is 20.9 Å². The van der Waals surface area contributed by atoms with Gasteiger partial charge in [-0.15, -0.1) is 0 Å². The predicted molar refractivity (Wildman–Crippen MR) is 130 cm³/mol. The minimum atomic E-state index is -0.283. The maximum absolute atomic E-state index is 12.6. The normalized spacial score (nSPS) is 10.5. The number of rotatable bonds is 9. The zero-order chi connectivity index (χ0) is 23.8. The lowest BCUT2D eigenvalue weighted by Gasteiger charge is -2.12. The molecule has 3 rings (SSSR count). The molecule has 8 nitrogen and oxygen atoms in total. The molecule has 0 radical (unpaired) electrons. The number of nitrogens with one attached hydrogen (secondary N) is 3. The minimum Gasteiger partial charge on any atom is -0.495 e. The van der Waals surface area contributed by atoms with Crippen LogP contribution in [0.1, 0.15) is 30.2 Å². The molecule has 0 saturated carbocycles. The molecule has 0 aliphatic heterocycles. The molecule has 2 amide bonds. The van der Waals surface area contributed by atoms with Crippen LogP contribution in [0.2, 0.25) is 0 Å². The van der Waals surface area contributed by atoms with E-state index in [0.717, 1.165) is 5.56 Å². The Balaban J connectivity index is 1.63. The first-order chi connectivity index (χ1) is 15.9. The molecule has 0 atom stereocenters. The molecule has 2 aromatic carbocycles. The third kappa shape index (κ3) is 6.95. The number of hydrogen-bond donors (Lipinski definition) is 3. The zero-order valence-corrected chi connectivity index (χ0v) is 19.5. The van der Waals surface area contributed by atoms with E-state index in [1.54, 1.807) is 25.1 Å². The van der Waals surface area contributed by atoms with E-state index in [1.807, 2.05) is 30.3 Å². The van der Waals surface area contributed by atoms with Gasteiger partial charge in [0, 0.05) is 36.0 Å². The Morgan fingerprint density at radius 3 is 2.55 bits per heavy atom. The number of ether oxygens (including phenoxy) is 1. The van der Waals surface area contributed by atoms with Gasteiger partial charge in [0.25, 0.3) is 5.56 Å². The van der Waals surface area contributed by atoms with E-state index >= 15 is 0 Å². The molecule has 0 bridgehead atoms. The molecule has 3 N–H and O–H groups in total. The fourth-order valence-corrected chi connectivity index (χ4v) is 4.07. The number of carbonyl (C=O) groups excluding carboxylic acids is 2. The number of aryl methyl sites for hydroxylation is 1. The zero-order valence-electron chi connectivity index (χ0n) is 18.7. The van der Waals surface area contributed by atoms with Crippen LogP contribution in [0.15, 0.2) is 58.5 Å². The molecule has 0 saturated heterocycles. The summed E-state index contributed by atoms with van der Waals surface area (Å²) in [5.41, 5.74) is 2.96. The number of benzene rings is 2. The monoisotopic (exact) mass is 466 g/mol. The maximum Gasteiger partial charge on any atom is 0.254 e. The van der Waals surface area contributed by atoms with E-state index in [0.29, 0.717) is 39.3 Å². The maximum atomic E-state index is 12.6. The highest BCUT2D eigenvalue weighted by Gasteiger charge is 2.13. The molecular weight excluding hydrogens is 440 g/mol. The quantitative estimate of drug-likeness (QED) is 0.326. The Bertz CT molecular complexity index is 1190. The van der Waals surface area contributed by atoms with Crippen LogP contribution in [0.4, 0.5) is 11.4 Å². The van der Waals surface area contributed by atoms with Crippen molar-refractivity contribution in [2.45, 2.75) is 37.6 Å². The SMILES string of the molecule is COc1ccc(NC(C)=O)cc1NC(=O)CCc1c(C)nc(SCc2ccccc2)[nH]c1=O. The summed E-state index contributed by atoms with van der Waals surface area (Å²) >= 11 is 1.46. The van der Waals surface area contributed by atoms with Crippen molar-refractivity contribution >= 4 is 35.0 Å². The number of anilines is 2. The van der Waals surface area contributed by atoms with Crippen molar-refractivity contribution in [1.29, 1.82) is 0 Å². The van der Waals surface area contributed by atoms with Crippen LogP contribution in [-0.2, 0) is 21.8 Å². The number of hydrogen-bond acceptors (Lipinski definition) is 6. The van der Waals surface area contributed by atoms with Crippen molar-refractivity contribution in [1.82, 2.24) is 9.97 Å². The smallest absolute Gasteiger partial charge is 0.254 e. The molecule has 0 aliphatic rings. The third-order valence-electron chi connectivity index (χ3n) is 4.81. The van der Waals surface area contributed by atoms with Gasteiger partial charge in [0.05, 0.1) is 12.8 Å². The second-order valence-electron chi connectivity index (χ2n) is 7.35.